The van der Waals surface area contributed by atoms with E-state index >= 15 is 0 Å². The van der Waals surface area contributed by atoms with E-state index < -0.39 is 6.10 Å². The highest BCUT2D eigenvalue weighted by Crippen LogP contribution is 2.30. The van der Waals surface area contributed by atoms with E-state index in [9.17, 15) is 9.90 Å². The van der Waals surface area contributed by atoms with Crippen molar-refractivity contribution in [3.63, 3.8) is 0 Å². The van der Waals surface area contributed by atoms with Crippen molar-refractivity contribution in [2.24, 2.45) is 0 Å². The molecule has 1 fully saturated rings. The van der Waals surface area contributed by atoms with Crippen LogP contribution in [0.1, 0.15) is 49.0 Å². The summed E-state index contributed by atoms with van der Waals surface area (Å²) in [6, 6.07) is 16.8. The molecule has 0 unspecified atom stereocenters. The molecule has 2 aliphatic heterocycles. The van der Waals surface area contributed by atoms with E-state index in [1.54, 1.807) is 0 Å². The molecule has 2 aliphatic rings. The first-order valence-electron chi connectivity index (χ1n) is 11.8. The van der Waals surface area contributed by atoms with Crippen LogP contribution in [0.4, 0.5) is 4.79 Å². The molecule has 1 atom stereocenters. The number of aliphatic hydroxyl groups is 1. The van der Waals surface area contributed by atoms with Crippen LogP contribution in [-0.4, -0.2) is 59.9 Å². The molecule has 6 heteroatoms. The van der Waals surface area contributed by atoms with Crippen molar-refractivity contribution < 1.29 is 19.4 Å². The normalized spacial score (nSPS) is 18.4. The van der Waals surface area contributed by atoms with Crippen LogP contribution in [0.3, 0.4) is 0 Å². The van der Waals surface area contributed by atoms with Crippen molar-refractivity contribution in [2.45, 2.75) is 51.3 Å². The summed E-state index contributed by atoms with van der Waals surface area (Å²) in [5.74, 6) is 0.912. The zero-order valence-electron chi connectivity index (χ0n) is 18.9. The van der Waals surface area contributed by atoms with E-state index in [0.717, 1.165) is 62.3 Å². The number of amides is 1. The molecule has 0 aromatic heterocycles. The van der Waals surface area contributed by atoms with Crippen molar-refractivity contribution in [2.75, 3.05) is 32.8 Å². The largest absolute Gasteiger partial charge is 0.492 e. The molecule has 1 N–H and O–H groups in total. The second kappa shape index (κ2) is 10.8. The maximum Gasteiger partial charge on any atom is 0.409 e. The van der Waals surface area contributed by atoms with E-state index in [2.05, 4.69) is 23.1 Å². The number of hydrogen-bond acceptors (Lipinski definition) is 5. The fraction of sp³-hybridized carbons (Fsp3) is 0.500. The number of aliphatic hydroxyl groups excluding tert-OH is 1. The average Bonchev–Trinajstić information content (AvgIpc) is 3.05. The Morgan fingerprint density at radius 1 is 1.16 bits per heavy atom. The number of hydrogen-bond donors (Lipinski definition) is 1. The number of nitrogens with zero attached hydrogens (tertiary/aromatic N) is 2. The molecule has 1 saturated heterocycles. The van der Waals surface area contributed by atoms with Crippen molar-refractivity contribution in [1.82, 2.24) is 9.80 Å². The average molecular weight is 439 g/mol. The first kappa shape index (κ1) is 22.6. The lowest BCUT2D eigenvalue weighted by Gasteiger charge is -2.37. The lowest BCUT2D eigenvalue weighted by atomic mass is 9.98. The minimum Gasteiger partial charge on any atom is -0.492 e. The standard InChI is InChI=1S/C26H34N2O4/c1-2-31-26(30)27-14-12-23(13-15-27)28-16-17-32-25-11-9-21(18-22(25)19-28)24(29)10-8-20-6-4-3-5-7-20/h3-7,9,11,18,23-24,29H,2,8,10,12-17,19H2,1H3/t24-/m1/s1. The number of rotatable bonds is 6. The number of carbonyl (C=O) groups excluding carboxylic acids is 1. The van der Waals surface area contributed by atoms with Crippen LogP contribution >= 0.6 is 0 Å². The van der Waals surface area contributed by atoms with E-state index in [1.165, 1.54) is 5.56 Å². The van der Waals surface area contributed by atoms with Crippen molar-refractivity contribution in [3.05, 3.63) is 65.2 Å². The Hall–Kier alpha value is -2.57. The Bertz CT molecular complexity index is 881. The predicted octanol–water partition coefficient (Wildman–Crippen LogP) is 4.17. The van der Waals surface area contributed by atoms with Gasteiger partial charge in [-0.1, -0.05) is 36.4 Å². The predicted molar refractivity (Wildman–Crippen MR) is 124 cm³/mol. The van der Waals surface area contributed by atoms with Gasteiger partial charge in [-0.3, -0.25) is 4.90 Å². The molecule has 0 bridgehead atoms. The number of ether oxygens (including phenoxy) is 2. The zero-order chi connectivity index (χ0) is 22.3. The molecule has 172 valence electrons. The Morgan fingerprint density at radius 2 is 1.94 bits per heavy atom. The minimum absolute atomic E-state index is 0.204. The van der Waals surface area contributed by atoms with Gasteiger partial charge < -0.3 is 19.5 Å². The Labute approximate surface area is 190 Å². The second-order valence-corrected chi connectivity index (χ2v) is 8.64. The summed E-state index contributed by atoms with van der Waals surface area (Å²) in [6.07, 6.45) is 2.72. The number of likely N-dealkylation sites (tertiary alicyclic amines) is 1. The van der Waals surface area contributed by atoms with Gasteiger partial charge in [-0.2, -0.15) is 0 Å². The van der Waals surface area contributed by atoms with Gasteiger partial charge in [0.05, 0.1) is 12.7 Å². The summed E-state index contributed by atoms with van der Waals surface area (Å²) >= 11 is 0. The van der Waals surface area contributed by atoms with Crippen LogP contribution in [0.2, 0.25) is 0 Å². The molecule has 0 spiro atoms. The molecule has 4 rings (SSSR count). The van der Waals surface area contributed by atoms with Crippen LogP contribution in [0.25, 0.3) is 0 Å². The molecule has 6 nitrogen and oxygen atoms in total. The van der Waals surface area contributed by atoms with Crippen molar-refractivity contribution in [1.29, 1.82) is 0 Å². The van der Waals surface area contributed by atoms with Gasteiger partial charge in [-0.15, -0.1) is 0 Å². The van der Waals surface area contributed by atoms with E-state index in [4.69, 9.17) is 9.47 Å². The van der Waals surface area contributed by atoms with E-state index in [-0.39, 0.29) is 6.09 Å². The molecule has 2 aromatic rings. The lowest BCUT2D eigenvalue weighted by molar-refractivity contribution is 0.0704. The molecule has 0 aliphatic carbocycles. The maximum atomic E-state index is 12.0. The smallest absolute Gasteiger partial charge is 0.409 e. The maximum absolute atomic E-state index is 12.0. The van der Waals surface area contributed by atoms with Gasteiger partial charge in [0.2, 0.25) is 0 Å². The third-order valence-electron chi connectivity index (χ3n) is 6.53. The van der Waals surface area contributed by atoms with Gasteiger partial charge in [0.1, 0.15) is 12.4 Å². The first-order valence-corrected chi connectivity index (χ1v) is 11.8. The monoisotopic (exact) mass is 438 g/mol. The Morgan fingerprint density at radius 3 is 2.69 bits per heavy atom. The van der Waals surface area contributed by atoms with Gasteiger partial charge in [-0.25, -0.2) is 4.79 Å². The number of piperidine rings is 1. The number of aryl methyl sites for hydroxylation is 1. The highest BCUT2D eigenvalue weighted by molar-refractivity contribution is 5.67. The van der Waals surface area contributed by atoms with Gasteiger partial charge >= 0.3 is 6.09 Å². The Balaban J connectivity index is 1.37. The molecular weight excluding hydrogens is 404 g/mol. The molecule has 2 heterocycles. The van der Waals surface area contributed by atoms with Crippen molar-refractivity contribution in [3.8, 4) is 5.75 Å². The van der Waals surface area contributed by atoms with Gasteiger partial charge in [0.15, 0.2) is 0 Å². The van der Waals surface area contributed by atoms with Crippen LogP contribution in [0.5, 0.6) is 5.75 Å². The molecule has 0 radical (unpaired) electrons. The highest BCUT2D eigenvalue weighted by atomic mass is 16.6. The zero-order valence-corrected chi connectivity index (χ0v) is 18.9. The first-order chi connectivity index (χ1) is 15.6. The van der Waals surface area contributed by atoms with Crippen LogP contribution in [-0.2, 0) is 17.7 Å². The quantitative estimate of drug-likeness (QED) is 0.734. The van der Waals surface area contributed by atoms with E-state index in [0.29, 0.717) is 25.7 Å². The summed E-state index contributed by atoms with van der Waals surface area (Å²) < 4.78 is 11.2. The summed E-state index contributed by atoms with van der Waals surface area (Å²) in [7, 11) is 0. The Kier molecular flexibility index (Phi) is 7.66. The number of benzene rings is 2. The van der Waals surface area contributed by atoms with Crippen LogP contribution in [0.15, 0.2) is 48.5 Å². The molecule has 32 heavy (non-hydrogen) atoms. The number of fused-ring (bicyclic) bond motifs is 1. The highest BCUT2D eigenvalue weighted by Gasteiger charge is 2.29. The molecule has 2 aromatic carbocycles. The molecule has 0 saturated carbocycles. The second-order valence-electron chi connectivity index (χ2n) is 8.64. The van der Waals surface area contributed by atoms with Crippen LogP contribution in [0, 0.1) is 0 Å². The summed E-state index contributed by atoms with van der Waals surface area (Å²) in [6.45, 7) is 6.03. The van der Waals surface area contributed by atoms with Crippen molar-refractivity contribution >= 4 is 6.09 Å². The minimum atomic E-state index is -0.495. The van der Waals surface area contributed by atoms with E-state index in [1.807, 2.05) is 42.2 Å². The fourth-order valence-electron chi connectivity index (χ4n) is 4.70. The summed E-state index contributed by atoms with van der Waals surface area (Å²) in [5.41, 5.74) is 3.32. The van der Waals surface area contributed by atoms with Gasteiger partial charge in [-0.05, 0) is 55.9 Å². The summed E-state index contributed by atoms with van der Waals surface area (Å²) in [4.78, 5) is 16.3. The molecule has 1 amide bonds. The third-order valence-corrected chi connectivity index (χ3v) is 6.53. The van der Waals surface area contributed by atoms with Gasteiger partial charge in [0.25, 0.3) is 0 Å². The van der Waals surface area contributed by atoms with Gasteiger partial charge in [0, 0.05) is 37.8 Å². The summed E-state index contributed by atoms with van der Waals surface area (Å²) in [5, 5.41) is 10.8. The SMILES string of the molecule is CCOC(=O)N1CCC(N2CCOc3ccc([C@H](O)CCc4ccccc4)cc3C2)CC1. The topological polar surface area (TPSA) is 62.2 Å². The van der Waals surface area contributed by atoms with Crippen LogP contribution < -0.4 is 4.74 Å². The molecular formula is C26H34N2O4. The number of carbonyl (C=O) groups is 1. The third kappa shape index (κ3) is 5.61. The lowest BCUT2D eigenvalue weighted by Crippen LogP contribution is -2.47. The fourth-order valence-corrected chi connectivity index (χ4v) is 4.70.